The zero-order chi connectivity index (χ0) is 31.8. The number of non-ortho nitro benzene ring substituents is 3. The maximum Gasteiger partial charge on any atom is 0.366 e. The van der Waals surface area contributed by atoms with Crippen LogP contribution in [-0.4, -0.2) is 61.1 Å². The van der Waals surface area contributed by atoms with Crippen molar-refractivity contribution in [3.05, 3.63) is 121 Å². The number of hydrogen-bond acceptors (Lipinski definition) is 11. The van der Waals surface area contributed by atoms with Gasteiger partial charge in [0, 0.05) is 42.0 Å². The number of nitrogens with zero attached hydrogens (tertiary/aromatic N) is 5. The van der Waals surface area contributed by atoms with Gasteiger partial charge in [0.1, 0.15) is 6.33 Å². The number of ether oxygens (including phenoxy) is 1. The molecule has 4 aromatic rings. The minimum Gasteiger partial charge on any atom is -1.00 e. The van der Waals surface area contributed by atoms with Gasteiger partial charge in [0.25, 0.3) is 17.1 Å². The Labute approximate surface area is 255 Å². The van der Waals surface area contributed by atoms with Gasteiger partial charge in [-0.15, -0.1) is 0 Å². The number of nitro benzene ring substituents is 3. The van der Waals surface area contributed by atoms with Gasteiger partial charge in [0.15, 0.2) is 5.82 Å². The molecule has 5 N–H and O–H groups in total. The predicted octanol–water partition coefficient (Wildman–Crippen LogP) is -0.770. The molecule has 0 atom stereocenters. The summed E-state index contributed by atoms with van der Waals surface area (Å²) in [5.74, 6) is 0.877. The third-order valence-electron chi connectivity index (χ3n) is 5.22. The van der Waals surface area contributed by atoms with Crippen LogP contribution < -0.4 is 23.1 Å². The monoisotopic (exact) mass is 627 g/mol. The molecule has 3 aromatic carbocycles. The topological polar surface area (TPSA) is 259 Å². The van der Waals surface area contributed by atoms with Crippen molar-refractivity contribution in [1.29, 1.82) is 5.41 Å². The number of nitrogens with two attached hydrogens (primary N) is 1. The van der Waals surface area contributed by atoms with Crippen LogP contribution in [0.1, 0.15) is 18.1 Å². The Morgan fingerprint density at radius 2 is 1.34 bits per heavy atom. The number of nitrogens with one attached hydrogen (secondary N) is 3. The van der Waals surface area contributed by atoms with Crippen molar-refractivity contribution in [3.63, 3.8) is 0 Å². The summed E-state index contributed by atoms with van der Waals surface area (Å²) in [6.45, 7) is 2.41. The highest BCUT2D eigenvalue weighted by Gasteiger charge is 2.11. The molecule has 1 amide bonds. The summed E-state index contributed by atoms with van der Waals surface area (Å²) in [6.07, 6.45) is 1.89. The van der Waals surface area contributed by atoms with Crippen LogP contribution in [0.3, 0.4) is 0 Å². The molecule has 17 nitrogen and oxygen atoms in total. The van der Waals surface area contributed by atoms with Gasteiger partial charge in [-0.05, 0) is 48.9 Å². The van der Waals surface area contributed by atoms with Gasteiger partial charge in [-0.2, -0.15) is 5.10 Å². The quantitative estimate of drug-likeness (QED) is 0.0561. The summed E-state index contributed by atoms with van der Waals surface area (Å²) < 4.78 is 5.05. The minimum absolute atomic E-state index is 0. The number of carbonyl (C=O) groups excluding carboxylic acids is 1. The van der Waals surface area contributed by atoms with E-state index < -0.39 is 14.8 Å². The largest absolute Gasteiger partial charge is 1.00 e. The van der Waals surface area contributed by atoms with E-state index in [1.807, 2.05) is 6.92 Å². The summed E-state index contributed by atoms with van der Waals surface area (Å²) in [7, 11) is 0. The first kappa shape index (κ1) is 35.9. The lowest BCUT2D eigenvalue weighted by molar-refractivity contribution is -0.385. The normalized spacial score (nSPS) is 9.39. The number of H-pyrrole nitrogens is 1. The molecule has 230 valence electrons. The average Bonchev–Trinajstić information content (AvgIpc) is 3.56. The van der Waals surface area contributed by atoms with E-state index in [0.29, 0.717) is 30.0 Å². The Bertz CT molecular complexity index is 1550. The van der Waals surface area contributed by atoms with Crippen LogP contribution in [0.2, 0.25) is 0 Å². The second-order valence-electron chi connectivity index (χ2n) is 8.02. The number of carbonyl (C=O) groups is 1. The molecule has 0 fully saturated rings. The first-order valence-electron chi connectivity index (χ1n) is 12.2. The fraction of sp³-hybridized carbons (Fsp3) is 0.115. The Hall–Kier alpha value is -6.10. The lowest BCUT2D eigenvalue weighted by Crippen LogP contribution is -3.00. The highest BCUT2D eigenvalue weighted by Crippen LogP contribution is 2.18. The number of rotatable bonds is 10. The first-order valence-corrected chi connectivity index (χ1v) is 12.2. The molecule has 4 rings (SSSR count). The molecule has 0 saturated heterocycles. The molecule has 0 bridgehead atoms. The molecule has 0 unspecified atom stereocenters. The van der Waals surface area contributed by atoms with E-state index >= 15 is 0 Å². The van der Waals surface area contributed by atoms with Crippen molar-refractivity contribution in [2.24, 2.45) is 0 Å². The number of aromatic amines is 1. The molecule has 44 heavy (non-hydrogen) atoms. The zero-order valence-corrected chi connectivity index (χ0v) is 23.7. The van der Waals surface area contributed by atoms with Crippen molar-refractivity contribution in [3.8, 4) is 11.4 Å². The molecule has 0 aliphatic heterocycles. The molecule has 0 saturated carbocycles. The SMILES string of the molecule is CCOC(=[NH2+])c1ccc([N+](=O)[O-])cc1.N=C(CNC=O)c1ccc([N+](=O)[O-])cc1.O=[N+]([O-])c1ccc(-c2ncn[nH]2)cc1.[Cl-]. The predicted molar refractivity (Wildman–Crippen MR) is 153 cm³/mol. The lowest BCUT2D eigenvalue weighted by atomic mass is 10.1. The molecule has 0 radical (unpaired) electrons. The summed E-state index contributed by atoms with van der Waals surface area (Å²) >= 11 is 0. The number of nitro groups is 3. The lowest BCUT2D eigenvalue weighted by Gasteiger charge is -2.02. The molecule has 1 aromatic heterocycles. The van der Waals surface area contributed by atoms with E-state index in [9.17, 15) is 35.1 Å². The van der Waals surface area contributed by atoms with Crippen LogP contribution in [0.5, 0.6) is 0 Å². The van der Waals surface area contributed by atoms with E-state index in [0.717, 1.165) is 5.56 Å². The van der Waals surface area contributed by atoms with E-state index in [2.05, 4.69) is 20.5 Å². The van der Waals surface area contributed by atoms with Crippen LogP contribution >= 0.6 is 0 Å². The number of benzene rings is 3. The van der Waals surface area contributed by atoms with Gasteiger partial charge in [0.05, 0.1) is 39.2 Å². The van der Waals surface area contributed by atoms with Crippen molar-refractivity contribution < 1.29 is 42.1 Å². The zero-order valence-electron chi connectivity index (χ0n) is 23.0. The third-order valence-corrected chi connectivity index (χ3v) is 5.22. The third kappa shape index (κ3) is 11.4. The summed E-state index contributed by atoms with van der Waals surface area (Å²) in [5.41, 5.74) is 2.26. The summed E-state index contributed by atoms with van der Waals surface area (Å²) in [6, 6.07) is 17.6. The minimum atomic E-state index is -0.503. The Morgan fingerprint density at radius 3 is 1.73 bits per heavy atom. The molecular weight excluding hydrogens is 602 g/mol. The Balaban J connectivity index is 0.000000326. The molecule has 0 spiro atoms. The molecule has 1 heterocycles. The van der Waals surface area contributed by atoms with Gasteiger partial charge in [-0.1, -0.05) is 0 Å². The molecule has 0 aliphatic rings. The summed E-state index contributed by atoms with van der Waals surface area (Å²) in [5, 5.41) is 52.8. The van der Waals surface area contributed by atoms with Crippen molar-refractivity contribution in [2.45, 2.75) is 6.92 Å². The standard InChI is InChI=1S/C9H9N3O3.C9H10N2O3.C8H6N4O2.ClH/c10-9(5-11-6-13)7-1-3-8(4-2-7)12(14)15;1-2-14-9(10)7-3-5-8(6-4-7)11(12)13;13-12(14)7-3-1-6(2-4-7)8-9-5-10-11-8;/h1-4,6,10H,5H2,(H,11,13);3-6,10H,2H2,1H3;1-5H,(H,9,10,11);1H. The van der Waals surface area contributed by atoms with E-state index in [1.165, 1.54) is 54.9 Å². The second kappa shape index (κ2) is 18.4. The number of amides is 1. The fourth-order valence-electron chi connectivity index (χ4n) is 3.10. The van der Waals surface area contributed by atoms with Crippen LogP contribution in [0, 0.1) is 35.8 Å². The van der Waals surface area contributed by atoms with E-state index in [1.54, 1.807) is 24.3 Å². The Morgan fingerprint density at radius 1 is 0.886 bits per heavy atom. The van der Waals surface area contributed by atoms with Crippen molar-refractivity contribution in [2.75, 3.05) is 13.2 Å². The van der Waals surface area contributed by atoms with Gasteiger partial charge in [-0.3, -0.25) is 40.2 Å². The number of hydrogen-bond donors (Lipinski definition) is 4. The van der Waals surface area contributed by atoms with Crippen molar-refractivity contribution in [1.82, 2.24) is 20.5 Å². The van der Waals surface area contributed by atoms with Crippen LogP contribution in [0.4, 0.5) is 17.1 Å². The van der Waals surface area contributed by atoms with Gasteiger partial charge >= 0.3 is 5.90 Å². The van der Waals surface area contributed by atoms with Crippen LogP contribution in [0.15, 0.2) is 79.1 Å². The molecule has 18 heteroatoms. The average molecular weight is 628 g/mol. The van der Waals surface area contributed by atoms with Crippen LogP contribution in [-0.2, 0) is 9.53 Å². The van der Waals surface area contributed by atoms with Gasteiger partial charge < -0.3 is 27.9 Å². The smallest absolute Gasteiger partial charge is 0.366 e. The van der Waals surface area contributed by atoms with E-state index in [4.69, 9.17) is 15.6 Å². The highest BCUT2D eigenvalue weighted by molar-refractivity contribution is 6.00. The maximum atomic E-state index is 10.4. The van der Waals surface area contributed by atoms with Gasteiger partial charge in [0.2, 0.25) is 6.41 Å². The van der Waals surface area contributed by atoms with E-state index in [-0.39, 0.29) is 47.6 Å². The molecular formula is C26H26ClN9O8. The molecule has 0 aliphatic carbocycles. The summed E-state index contributed by atoms with van der Waals surface area (Å²) in [4.78, 5) is 43.6. The van der Waals surface area contributed by atoms with Crippen LogP contribution in [0.25, 0.3) is 11.4 Å². The number of aromatic nitrogens is 3. The first-order chi connectivity index (χ1) is 20.6. The number of halogens is 1. The maximum absolute atomic E-state index is 10.4. The van der Waals surface area contributed by atoms with Gasteiger partial charge in [-0.25, -0.2) is 10.4 Å². The Kier molecular flexibility index (Phi) is 15.0. The second-order valence-corrected chi connectivity index (χ2v) is 8.02. The van der Waals surface area contributed by atoms with Crippen molar-refractivity contribution >= 4 is 35.1 Å². The highest BCUT2D eigenvalue weighted by atomic mass is 35.5. The fourth-order valence-corrected chi connectivity index (χ4v) is 3.10.